The van der Waals surface area contributed by atoms with Gasteiger partial charge in [0.15, 0.2) is 0 Å². The van der Waals surface area contributed by atoms with Gasteiger partial charge >= 0.3 is 0 Å². The summed E-state index contributed by atoms with van der Waals surface area (Å²) >= 11 is 0. The van der Waals surface area contributed by atoms with E-state index in [2.05, 4.69) is 11.8 Å². The van der Waals surface area contributed by atoms with Gasteiger partial charge in [-0.2, -0.15) is 0 Å². The third-order valence-electron chi connectivity index (χ3n) is 2.31. The molecule has 1 aliphatic rings. The lowest BCUT2D eigenvalue weighted by Gasteiger charge is -2.37. The fourth-order valence-corrected chi connectivity index (χ4v) is 1.42. The molecule has 0 aromatic heterocycles. The van der Waals surface area contributed by atoms with E-state index in [0.29, 0.717) is 6.42 Å². The average Bonchev–Trinajstić information content (AvgIpc) is 2.25. The molecule has 0 aliphatic carbocycles. The van der Waals surface area contributed by atoms with Crippen molar-refractivity contribution >= 4 is 0 Å². The minimum absolute atomic E-state index is 0.421. The topological polar surface area (TPSA) is 90.2 Å². The van der Waals surface area contributed by atoms with Gasteiger partial charge in [-0.25, -0.2) is 0 Å². The van der Waals surface area contributed by atoms with E-state index in [-0.39, 0.29) is 0 Å². The van der Waals surface area contributed by atoms with Crippen molar-refractivity contribution in [1.29, 1.82) is 0 Å². The Labute approximate surface area is 88.3 Å². The maximum absolute atomic E-state index is 9.53. The zero-order chi connectivity index (χ0) is 11.4. The summed E-state index contributed by atoms with van der Waals surface area (Å²) in [7, 11) is 0. The lowest BCUT2D eigenvalue weighted by atomic mass is 9.95. The first kappa shape index (κ1) is 12.4. The van der Waals surface area contributed by atoms with Crippen LogP contribution in [0, 0.1) is 11.8 Å². The highest BCUT2D eigenvalue weighted by Gasteiger charge is 2.42. The molecule has 5 atom stereocenters. The Kier molecular flexibility index (Phi) is 4.51. The van der Waals surface area contributed by atoms with Crippen molar-refractivity contribution in [3.8, 4) is 11.8 Å². The summed E-state index contributed by atoms with van der Waals surface area (Å²) < 4.78 is 5.15. The number of rotatable bonds is 1. The van der Waals surface area contributed by atoms with Crippen LogP contribution in [0.2, 0.25) is 0 Å². The minimum atomic E-state index is -1.34. The Balaban J connectivity index is 2.74. The summed E-state index contributed by atoms with van der Waals surface area (Å²) in [6.45, 7) is 1.42. The molecule has 5 heteroatoms. The third kappa shape index (κ3) is 2.68. The number of aliphatic hydroxyl groups is 4. The normalized spacial score (nSPS) is 40.7. The number of hydrogen-bond donors (Lipinski definition) is 4. The molecule has 0 saturated carbocycles. The van der Waals surface area contributed by atoms with Gasteiger partial charge in [-0.15, -0.1) is 5.92 Å². The molecule has 1 heterocycles. The molecule has 15 heavy (non-hydrogen) atoms. The maximum Gasteiger partial charge on any atom is 0.147 e. The first-order valence-electron chi connectivity index (χ1n) is 4.90. The Morgan fingerprint density at radius 3 is 2.33 bits per heavy atom. The van der Waals surface area contributed by atoms with E-state index in [4.69, 9.17) is 9.84 Å². The van der Waals surface area contributed by atoms with Crippen molar-refractivity contribution in [2.24, 2.45) is 0 Å². The lowest BCUT2D eigenvalue weighted by Crippen LogP contribution is -2.58. The fraction of sp³-hybridized carbons (Fsp3) is 0.800. The SMILES string of the molecule is CCC#C[C@H]1O[C@H](CO)[C@@H](O)[C@H](O)[C@H]1O. The standard InChI is InChI=1S/C10H16O5/c1-2-3-4-6-8(12)10(14)9(13)7(5-11)15-6/h6-14H,2,5H2,1H3/t6-,7-,8+,9-,10-/m1/s1. The monoisotopic (exact) mass is 216 g/mol. The van der Waals surface area contributed by atoms with E-state index in [1.807, 2.05) is 6.92 Å². The Morgan fingerprint density at radius 1 is 1.13 bits per heavy atom. The predicted molar refractivity (Wildman–Crippen MR) is 51.8 cm³/mol. The molecule has 0 radical (unpaired) electrons. The molecular weight excluding hydrogens is 200 g/mol. The smallest absolute Gasteiger partial charge is 0.147 e. The molecule has 0 aromatic carbocycles. The Morgan fingerprint density at radius 2 is 1.80 bits per heavy atom. The minimum Gasteiger partial charge on any atom is -0.394 e. The second-order valence-electron chi connectivity index (χ2n) is 3.42. The Bertz CT molecular complexity index is 254. The van der Waals surface area contributed by atoms with Crippen LogP contribution in [-0.4, -0.2) is 57.6 Å². The summed E-state index contributed by atoms with van der Waals surface area (Å²) in [4.78, 5) is 0. The van der Waals surface area contributed by atoms with Crippen molar-refractivity contribution in [2.75, 3.05) is 6.61 Å². The van der Waals surface area contributed by atoms with Crippen molar-refractivity contribution in [3.05, 3.63) is 0 Å². The third-order valence-corrected chi connectivity index (χ3v) is 2.31. The summed E-state index contributed by atoms with van der Waals surface area (Å²) in [5, 5.41) is 37.3. The van der Waals surface area contributed by atoms with Crippen LogP contribution < -0.4 is 0 Å². The van der Waals surface area contributed by atoms with Gasteiger partial charge in [0.05, 0.1) is 6.61 Å². The molecule has 1 saturated heterocycles. The summed E-state index contributed by atoms with van der Waals surface area (Å²) in [5.41, 5.74) is 0. The molecule has 5 nitrogen and oxygen atoms in total. The molecule has 1 aliphatic heterocycles. The van der Waals surface area contributed by atoms with Gasteiger partial charge in [0, 0.05) is 6.42 Å². The van der Waals surface area contributed by atoms with E-state index in [0.717, 1.165) is 0 Å². The molecule has 0 bridgehead atoms. The van der Waals surface area contributed by atoms with Gasteiger partial charge in [0.2, 0.25) is 0 Å². The van der Waals surface area contributed by atoms with Gasteiger partial charge in [0.25, 0.3) is 0 Å². The fourth-order valence-electron chi connectivity index (χ4n) is 1.42. The van der Waals surface area contributed by atoms with E-state index in [1.165, 1.54) is 0 Å². The van der Waals surface area contributed by atoms with Gasteiger partial charge in [-0.3, -0.25) is 0 Å². The van der Waals surface area contributed by atoms with Crippen molar-refractivity contribution in [3.63, 3.8) is 0 Å². The van der Waals surface area contributed by atoms with Crippen LogP contribution in [0.5, 0.6) is 0 Å². The molecule has 1 fully saturated rings. The predicted octanol–water partition coefficient (Wildman–Crippen LogP) is -1.76. The molecule has 4 N–H and O–H groups in total. The van der Waals surface area contributed by atoms with Gasteiger partial charge in [-0.1, -0.05) is 12.8 Å². The highest BCUT2D eigenvalue weighted by atomic mass is 16.5. The zero-order valence-electron chi connectivity index (χ0n) is 8.50. The van der Waals surface area contributed by atoms with Gasteiger partial charge in [-0.05, 0) is 0 Å². The highest BCUT2D eigenvalue weighted by Crippen LogP contribution is 2.20. The quantitative estimate of drug-likeness (QED) is 0.390. The second kappa shape index (κ2) is 5.45. The van der Waals surface area contributed by atoms with Crippen molar-refractivity contribution in [1.82, 2.24) is 0 Å². The van der Waals surface area contributed by atoms with Crippen LogP contribution in [0.15, 0.2) is 0 Å². The van der Waals surface area contributed by atoms with Crippen LogP contribution in [0.3, 0.4) is 0 Å². The molecule has 86 valence electrons. The first-order valence-corrected chi connectivity index (χ1v) is 4.90. The largest absolute Gasteiger partial charge is 0.394 e. The van der Waals surface area contributed by atoms with Crippen LogP contribution in [0.1, 0.15) is 13.3 Å². The van der Waals surface area contributed by atoms with E-state index in [9.17, 15) is 15.3 Å². The molecule has 0 unspecified atom stereocenters. The highest BCUT2D eigenvalue weighted by molar-refractivity contribution is 5.11. The number of ether oxygens (including phenoxy) is 1. The van der Waals surface area contributed by atoms with Crippen LogP contribution >= 0.6 is 0 Å². The molecule has 0 aromatic rings. The first-order chi connectivity index (χ1) is 7.11. The lowest BCUT2D eigenvalue weighted by molar-refractivity contribution is -0.214. The molecule has 1 rings (SSSR count). The number of hydrogen-bond acceptors (Lipinski definition) is 5. The van der Waals surface area contributed by atoms with Crippen molar-refractivity contribution < 1.29 is 25.2 Å². The maximum atomic E-state index is 9.53. The van der Waals surface area contributed by atoms with Gasteiger partial charge in [0.1, 0.15) is 30.5 Å². The summed E-state index contributed by atoms with van der Waals surface area (Å²) in [5.74, 6) is 5.35. The van der Waals surface area contributed by atoms with Crippen LogP contribution in [0.25, 0.3) is 0 Å². The average molecular weight is 216 g/mol. The van der Waals surface area contributed by atoms with E-state index in [1.54, 1.807) is 0 Å². The van der Waals surface area contributed by atoms with Crippen LogP contribution in [-0.2, 0) is 4.74 Å². The number of aliphatic hydroxyl groups excluding tert-OH is 4. The zero-order valence-corrected chi connectivity index (χ0v) is 8.50. The van der Waals surface area contributed by atoms with Crippen molar-refractivity contribution in [2.45, 2.75) is 43.9 Å². The summed E-state index contributed by atoms with van der Waals surface area (Å²) in [6.07, 6.45) is -5.03. The Hall–Kier alpha value is -0.640. The molecular formula is C10H16O5. The van der Waals surface area contributed by atoms with Gasteiger partial charge < -0.3 is 25.2 Å². The summed E-state index contributed by atoms with van der Waals surface area (Å²) in [6, 6.07) is 0. The molecule has 0 spiro atoms. The van der Waals surface area contributed by atoms with E-state index >= 15 is 0 Å². The van der Waals surface area contributed by atoms with E-state index < -0.39 is 37.1 Å². The molecule has 0 amide bonds. The van der Waals surface area contributed by atoms with Crippen LogP contribution in [0.4, 0.5) is 0 Å². The second-order valence-corrected chi connectivity index (χ2v) is 3.42.